The van der Waals surface area contributed by atoms with Gasteiger partial charge in [-0.25, -0.2) is 17.9 Å². The predicted octanol–water partition coefficient (Wildman–Crippen LogP) is 3.75. The van der Waals surface area contributed by atoms with Crippen LogP contribution in [0.4, 0.5) is 13.2 Å². The smallest absolute Gasteiger partial charge is 0.416 e. The molecule has 0 radical (unpaired) electrons. The Morgan fingerprint density at radius 1 is 1.11 bits per heavy atom. The Labute approximate surface area is 155 Å². The van der Waals surface area contributed by atoms with E-state index in [2.05, 4.69) is 4.72 Å². The molecular formula is C18H18F3NO4S. The third-order valence-corrected chi connectivity index (χ3v) is 5.08. The second-order valence-corrected chi connectivity index (χ2v) is 7.79. The summed E-state index contributed by atoms with van der Waals surface area (Å²) < 4.78 is 69.4. The number of sulfonamides is 1. The first-order valence-corrected chi connectivity index (χ1v) is 9.43. The monoisotopic (exact) mass is 401 g/mol. The highest BCUT2D eigenvalue weighted by Crippen LogP contribution is 2.29. The average Bonchev–Trinajstić information content (AvgIpc) is 2.58. The van der Waals surface area contributed by atoms with E-state index in [0.29, 0.717) is 5.56 Å². The van der Waals surface area contributed by atoms with Crippen molar-refractivity contribution >= 4 is 16.0 Å². The van der Waals surface area contributed by atoms with Crippen molar-refractivity contribution in [3.8, 4) is 0 Å². The number of carbonyl (C=O) groups excluding carboxylic acids is 1. The number of ether oxygens (including phenoxy) is 1. The van der Waals surface area contributed by atoms with Gasteiger partial charge in [-0.1, -0.05) is 18.2 Å². The van der Waals surface area contributed by atoms with E-state index in [9.17, 15) is 26.4 Å². The second-order valence-electron chi connectivity index (χ2n) is 6.07. The van der Waals surface area contributed by atoms with Crippen LogP contribution in [0.2, 0.25) is 0 Å². The van der Waals surface area contributed by atoms with Crippen molar-refractivity contribution in [1.29, 1.82) is 0 Å². The van der Waals surface area contributed by atoms with Crippen molar-refractivity contribution < 1.29 is 31.1 Å². The minimum Gasteiger partial charge on any atom is -0.457 e. The standard InChI is InChI=1S/C18H18F3NO4S/c1-12(2)22-27(24,25)16-5-3-4-14(10-16)17(23)26-11-13-6-8-15(9-7-13)18(19,20)21/h3-10,12,22H,11H2,1-2H3. The molecule has 0 aliphatic carbocycles. The highest BCUT2D eigenvalue weighted by molar-refractivity contribution is 7.89. The summed E-state index contributed by atoms with van der Waals surface area (Å²) in [7, 11) is -3.77. The van der Waals surface area contributed by atoms with E-state index >= 15 is 0 Å². The Kier molecular flexibility index (Phi) is 6.27. The highest BCUT2D eigenvalue weighted by Gasteiger charge is 2.30. The molecule has 0 aromatic heterocycles. The minimum atomic E-state index is -4.44. The number of esters is 1. The maximum atomic E-state index is 12.5. The number of hydrogen-bond donors (Lipinski definition) is 1. The van der Waals surface area contributed by atoms with Gasteiger partial charge in [-0.05, 0) is 49.7 Å². The molecule has 0 fully saturated rings. The molecule has 2 rings (SSSR count). The van der Waals surface area contributed by atoms with Crippen LogP contribution in [0.25, 0.3) is 0 Å². The molecule has 0 unspecified atom stereocenters. The lowest BCUT2D eigenvalue weighted by atomic mass is 10.1. The van der Waals surface area contributed by atoms with Gasteiger partial charge in [-0.2, -0.15) is 13.2 Å². The van der Waals surface area contributed by atoms with E-state index in [1.807, 2.05) is 0 Å². The van der Waals surface area contributed by atoms with Crippen LogP contribution in [-0.4, -0.2) is 20.4 Å². The van der Waals surface area contributed by atoms with Gasteiger partial charge < -0.3 is 4.74 Å². The van der Waals surface area contributed by atoms with Gasteiger partial charge in [-0.15, -0.1) is 0 Å². The maximum Gasteiger partial charge on any atom is 0.416 e. The molecule has 0 saturated heterocycles. The molecule has 0 heterocycles. The molecule has 5 nitrogen and oxygen atoms in total. The van der Waals surface area contributed by atoms with E-state index in [4.69, 9.17) is 4.74 Å². The first-order chi connectivity index (χ1) is 12.5. The number of carbonyl (C=O) groups is 1. The number of halogens is 3. The zero-order valence-electron chi connectivity index (χ0n) is 14.6. The molecule has 27 heavy (non-hydrogen) atoms. The Morgan fingerprint density at radius 2 is 1.74 bits per heavy atom. The first-order valence-electron chi connectivity index (χ1n) is 7.95. The van der Waals surface area contributed by atoms with Crippen molar-refractivity contribution in [2.75, 3.05) is 0 Å². The largest absolute Gasteiger partial charge is 0.457 e. The molecule has 0 bridgehead atoms. The summed E-state index contributed by atoms with van der Waals surface area (Å²) in [5.74, 6) is -0.781. The normalized spacial score (nSPS) is 12.2. The molecule has 1 N–H and O–H groups in total. The lowest BCUT2D eigenvalue weighted by molar-refractivity contribution is -0.137. The summed E-state index contributed by atoms with van der Waals surface area (Å²) >= 11 is 0. The Hall–Kier alpha value is -2.39. The van der Waals surface area contributed by atoms with Crippen molar-refractivity contribution in [1.82, 2.24) is 4.72 Å². The van der Waals surface area contributed by atoms with Crippen molar-refractivity contribution in [2.45, 2.75) is 37.6 Å². The molecule has 2 aromatic carbocycles. The van der Waals surface area contributed by atoms with Crippen LogP contribution in [0.15, 0.2) is 53.4 Å². The fraction of sp³-hybridized carbons (Fsp3) is 0.278. The van der Waals surface area contributed by atoms with Gasteiger partial charge in [0.1, 0.15) is 6.61 Å². The zero-order valence-corrected chi connectivity index (χ0v) is 15.4. The predicted molar refractivity (Wildman–Crippen MR) is 92.5 cm³/mol. The minimum absolute atomic E-state index is 0.0218. The lowest BCUT2D eigenvalue weighted by Gasteiger charge is -2.11. The number of alkyl halides is 3. The number of nitrogens with one attached hydrogen (secondary N) is 1. The number of benzene rings is 2. The van der Waals surface area contributed by atoms with Gasteiger partial charge in [0.25, 0.3) is 0 Å². The van der Waals surface area contributed by atoms with Crippen LogP contribution in [0.1, 0.15) is 35.3 Å². The van der Waals surface area contributed by atoms with Gasteiger partial charge in [-0.3, -0.25) is 0 Å². The molecule has 0 spiro atoms. The summed E-state index contributed by atoms with van der Waals surface area (Å²) in [6.07, 6.45) is -4.44. The van der Waals surface area contributed by atoms with Crippen molar-refractivity contribution in [3.63, 3.8) is 0 Å². The van der Waals surface area contributed by atoms with Gasteiger partial charge >= 0.3 is 12.1 Å². The average molecular weight is 401 g/mol. The van der Waals surface area contributed by atoms with Crippen molar-refractivity contribution in [3.05, 3.63) is 65.2 Å². The fourth-order valence-corrected chi connectivity index (χ4v) is 3.49. The number of hydrogen-bond acceptors (Lipinski definition) is 4. The fourth-order valence-electron chi connectivity index (χ4n) is 2.19. The van der Waals surface area contributed by atoms with E-state index in [-0.39, 0.29) is 23.1 Å². The number of rotatable bonds is 6. The van der Waals surface area contributed by atoms with Crippen LogP contribution in [-0.2, 0) is 27.5 Å². The zero-order chi connectivity index (χ0) is 20.2. The van der Waals surface area contributed by atoms with Gasteiger partial charge in [0.2, 0.25) is 10.0 Å². The van der Waals surface area contributed by atoms with Gasteiger partial charge in [0, 0.05) is 6.04 Å². The molecule has 0 atom stereocenters. The van der Waals surface area contributed by atoms with Gasteiger partial charge in [0.05, 0.1) is 16.0 Å². The molecule has 2 aromatic rings. The summed E-state index contributed by atoms with van der Waals surface area (Å²) in [5, 5.41) is 0. The molecule has 0 aliphatic heterocycles. The summed E-state index contributed by atoms with van der Waals surface area (Å²) in [6, 6.07) is 9.23. The first kappa shape index (κ1) is 20.9. The van der Waals surface area contributed by atoms with E-state index in [0.717, 1.165) is 12.1 Å². The van der Waals surface area contributed by atoms with Gasteiger partial charge in [0.15, 0.2) is 0 Å². The highest BCUT2D eigenvalue weighted by atomic mass is 32.2. The molecular weight excluding hydrogens is 383 g/mol. The molecule has 0 saturated carbocycles. The van der Waals surface area contributed by atoms with E-state index < -0.39 is 27.7 Å². The lowest BCUT2D eigenvalue weighted by Crippen LogP contribution is -2.30. The third-order valence-electron chi connectivity index (χ3n) is 3.42. The van der Waals surface area contributed by atoms with Crippen LogP contribution >= 0.6 is 0 Å². The van der Waals surface area contributed by atoms with Crippen LogP contribution in [0.5, 0.6) is 0 Å². The molecule has 146 valence electrons. The Morgan fingerprint density at radius 3 is 2.30 bits per heavy atom. The Balaban J connectivity index is 2.07. The topological polar surface area (TPSA) is 72.5 Å². The van der Waals surface area contributed by atoms with E-state index in [1.54, 1.807) is 13.8 Å². The third kappa shape index (κ3) is 5.80. The summed E-state index contributed by atoms with van der Waals surface area (Å²) in [6.45, 7) is 3.09. The van der Waals surface area contributed by atoms with Crippen LogP contribution < -0.4 is 4.72 Å². The summed E-state index contributed by atoms with van der Waals surface area (Å²) in [4.78, 5) is 12.0. The van der Waals surface area contributed by atoms with Crippen LogP contribution in [0.3, 0.4) is 0 Å². The van der Waals surface area contributed by atoms with Crippen molar-refractivity contribution in [2.24, 2.45) is 0 Å². The molecule has 0 aliphatic rings. The quantitative estimate of drug-likeness (QED) is 0.749. The van der Waals surface area contributed by atoms with Crippen LogP contribution in [0, 0.1) is 0 Å². The van der Waals surface area contributed by atoms with E-state index in [1.165, 1.54) is 36.4 Å². The summed E-state index contributed by atoms with van der Waals surface area (Å²) in [5.41, 5.74) is -0.400. The molecule has 9 heteroatoms. The maximum absolute atomic E-state index is 12.5. The second kappa shape index (κ2) is 8.10. The molecule has 0 amide bonds. The Bertz CT molecular complexity index is 907. The SMILES string of the molecule is CC(C)NS(=O)(=O)c1cccc(C(=O)OCc2ccc(C(F)(F)F)cc2)c1.